The van der Waals surface area contributed by atoms with Crippen LogP contribution in [-0.4, -0.2) is 34.8 Å². The van der Waals surface area contributed by atoms with Gasteiger partial charge in [-0.25, -0.2) is 5.01 Å². The van der Waals surface area contributed by atoms with E-state index in [1.165, 1.54) is 18.5 Å². The third-order valence-corrected chi connectivity index (χ3v) is 4.12. The van der Waals surface area contributed by atoms with Crippen LogP contribution >= 0.6 is 0 Å². The van der Waals surface area contributed by atoms with Crippen molar-refractivity contribution in [2.24, 2.45) is 5.92 Å². The third kappa shape index (κ3) is 3.67. The van der Waals surface area contributed by atoms with Crippen molar-refractivity contribution in [2.45, 2.75) is 39.2 Å². The predicted octanol–water partition coefficient (Wildman–Crippen LogP) is 3.29. The zero-order valence-electron chi connectivity index (χ0n) is 14.9. The van der Waals surface area contributed by atoms with E-state index in [9.17, 15) is 4.79 Å². The second-order valence-electron chi connectivity index (χ2n) is 7.19. The van der Waals surface area contributed by atoms with Gasteiger partial charge >= 0.3 is 0 Å². The summed E-state index contributed by atoms with van der Waals surface area (Å²) in [7, 11) is 3.62. The molecule has 1 fully saturated rings. The van der Waals surface area contributed by atoms with E-state index < -0.39 is 0 Å². The number of benzene rings is 1. The molecule has 1 aromatic heterocycles. The minimum atomic E-state index is -0.109. The van der Waals surface area contributed by atoms with Crippen LogP contribution in [-0.2, 0) is 6.54 Å². The van der Waals surface area contributed by atoms with Crippen LogP contribution < -0.4 is 5.43 Å². The molecule has 0 atom stereocenters. The van der Waals surface area contributed by atoms with Gasteiger partial charge in [-0.1, -0.05) is 32.0 Å². The molecule has 128 valence electrons. The van der Waals surface area contributed by atoms with E-state index in [-0.39, 0.29) is 5.91 Å². The summed E-state index contributed by atoms with van der Waals surface area (Å²) in [6.07, 6.45) is 2.48. The molecule has 1 heterocycles. The average molecular weight is 326 g/mol. The minimum Gasteiger partial charge on any atom is -0.285 e. The van der Waals surface area contributed by atoms with Crippen molar-refractivity contribution in [2.75, 3.05) is 14.1 Å². The van der Waals surface area contributed by atoms with E-state index in [2.05, 4.69) is 30.0 Å². The lowest BCUT2D eigenvalue weighted by atomic mass is 10.0. The van der Waals surface area contributed by atoms with Crippen LogP contribution in [0.5, 0.6) is 0 Å². The fourth-order valence-electron chi connectivity index (χ4n) is 2.93. The Hall–Kier alpha value is -2.14. The molecule has 0 saturated heterocycles. The molecule has 5 nitrogen and oxygen atoms in total. The molecule has 5 heteroatoms. The van der Waals surface area contributed by atoms with Gasteiger partial charge in [0.05, 0.1) is 11.3 Å². The zero-order chi connectivity index (χ0) is 17.3. The summed E-state index contributed by atoms with van der Waals surface area (Å²) in [5.41, 5.74) is 6.56. The van der Waals surface area contributed by atoms with Crippen LogP contribution in [0.4, 0.5) is 0 Å². The third-order valence-electron chi connectivity index (χ3n) is 4.12. The van der Waals surface area contributed by atoms with E-state index in [0.717, 1.165) is 17.8 Å². The highest BCUT2D eigenvalue weighted by Crippen LogP contribution is 2.41. The van der Waals surface area contributed by atoms with Crippen LogP contribution in [0, 0.1) is 5.92 Å². The van der Waals surface area contributed by atoms with Crippen LogP contribution in [0.25, 0.3) is 11.3 Å². The molecule has 2 aromatic rings. The summed E-state index contributed by atoms with van der Waals surface area (Å²) >= 11 is 0. The Labute approximate surface area is 143 Å². The number of amides is 1. The van der Waals surface area contributed by atoms with Gasteiger partial charge in [-0.05, 0) is 30.9 Å². The fraction of sp³-hybridized carbons (Fsp3) is 0.474. The van der Waals surface area contributed by atoms with E-state index in [1.54, 1.807) is 5.01 Å². The quantitative estimate of drug-likeness (QED) is 0.829. The molecule has 1 N–H and O–H groups in total. The number of hydrazine groups is 1. The molecule has 3 rings (SSSR count). The maximum atomic E-state index is 12.5. The first kappa shape index (κ1) is 16.7. The summed E-state index contributed by atoms with van der Waals surface area (Å²) in [4.78, 5) is 12.5. The van der Waals surface area contributed by atoms with Crippen molar-refractivity contribution in [3.05, 3.63) is 41.6 Å². The summed E-state index contributed by atoms with van der Waals surface area (Å²) < 4.78 is 2.14. The van der Waals surface area contributed by atoms with Gasteiger partial charge in [0.2, 0.25) is 0 Å². The molecule has 0 unspecified atom stereocenters. The topological polar surface area (TPSA) is 50.2 Å². The fourth-order valence-corrected chi connectivity index (χ4v) is 2.93. The molecule has 1 aromatic carbocycles. The Bertz CT molecular complexity index is 729. The van der Waals surface area contributed by atoms with Gasteiger partial charge in [0.1, 0.15) is 0 Å². The predicted molar refractivity (Wildman–Crippen MR) is 95.6 cm³/mol. The van der Waals surface area contributed by atoms with Crippen molar-refractivity contribution in [3.8, 4) is 11.3 Å². The smallest absolute Gasteiger partial charge is 0.266 e. The monoisotopic (exact) mass is 326 g/mol. The van der Waals surface area contributed by atoms with Gasteiger partial charge in [-0.2, -0.15) is 5.10 Å². The maximum absolute atomic E-state index is 12.5. The lowest BCUT2D eigenvalue weighted by Gasteiger charge is -2.13. The molecule has 0 radical (unpaired) electrons. The molecule has 0 aliphatic heterocycles. The highest BCUT2D eigenvalue weighted by atomic mass is 16.2. The number of nitrogens with one attached hydrogen (secondary N) is 1. The lowest BCUT2D eigenvalue weighted by molar-refractivity contribution is 0.0857. The van der Waals surface area contributed by atoms with Crippen molar-refractivity contribution in [3.63, 3.8) is 0 Å². The van der Waals surface area contributed by atoms with Gasteiger partial charge in [0.25, 0.3) is 5.91 Å². The van der Waals surface area contributed by atoms with Gasteiger partial charge < -0.3 is 0 Å². The van der Waals surface area contributed by atoms with Gasteiger partial charge in [-0.3, -0.25) is 14.9 Å². The number of hydrogen-bond acceptors (Lipinski definition) is 3. The van der Waals surface area contributed by atoms with Crippen molar-refractivity contribution >= 4 is 5.91 Å². The van der Waals surface area contributed by atoms with Crippen LogP contribution in [0.15, 0.2) is 30.3 Å². The number of rotatable bonds is 6. The molecule has 0 bridgehead atoms. The number of carbonyl (C=O) groups excluding carboxylic acids is 1. The summed E-state index contributed by atoms with van der Waals surface area (Å²) in [6, 6.07) is 9.85. The Morgan fingerprint density at radius 2 is 2.04 bits per heavy atom. The van der Waals surface area contributed by atoms with Crippen molar-refractivity contribution in [1.29, 1.82) is 0 Å². The van der Waals surface area contributed by atoms with E-state index in [4.69, 9.17) is 5.10 Å². The van der Waals surface area contributed by atoms with E-state index in [0.29, 0.717) is 17.4 Å². The van der Waals surface area contributed by atoms with Crippen molar-refractivity contribution < 1.29 is 4.79 Å². The average Bonchev–Trinajstić information content (AvgIpc) is 3.27. The summed E-state index contributed by atoms with van der Waals surface area (Å²) in [5.74, 6) is 1.07. The van der Waals surface area contributed by atoms with Crippen LogP contribution in [0.2, 0.25) is 0 Å². The first-order valence-electron chi connectivity index (χ1n) is 8.61. The highest BCUT2D eigenvalue weighted by molar-refractivity contribution is 6.00. The van der Waals surface area contributed by atoms with E-state index >= 15 is 0 Å². The molecule has 1 amide bonds. The number of hydrogen-bond donors (Lipinski definition) is 1. The van der Waals surface area contributed by atoms with Crippen LogP contribution in [0.1, 0.15) is 48.7 Å². The number of aromatic nitrogens is 2. The molecular formula is C19H26N4O. The largest absolute Gasteiger partial charge is 0.285 e. The Morgan fingerprint density at radius 3 is 2.67 bits per heavy atom. The second kappa shape index (κ2) is 6.77. The summed E-state index contributed by atoms with van der Waals surface area (Å²) in [6.45, 7) is 5.32. The van der Waals surface area contributed by atoms with Crippen molar-refractivity contribution in [1.82, 2.24) is 20.2 Å². The molecule has 24 heavy (non-hydrogen) atoms. The molecular weight excluding hydrogens is 300 g/mol. The normalized spacial score (nSPS) is 14.4. The standard InChI is InChI=1S/C19H26N4O/c1-13(2)12-23-18(14-9-10-14)11-17(20-23)15-7-5-6-8-16(15)19(24)21-22(3)4/h5-8,11,13-14H,9-10,12H2,1-4H3,(H,21,24). The maximum Gasteiger partial charge on any atom is 0.266 e. The Kier molecular flexibility index (Phi) is 4.71. The zero-order valence-corrected chi connectivity index (χ0v) is 14.9. The highest BCUT2D eigenvalue weighted by Gasteiger charge is 2.29. The molecule has 1 saturated carbocycles. The summed E-state index contributed by atoms with van der Waals surface area (Å²) in [5, 5.41) is 6.49. The van der Waals surface area contributed by atoms with Gasteiger partial charge in [0.15, 0.2) is 0 Å². The first-order chi connectivity index (χ1) is 11.5. The molecule has 0 spiro atoms. The van der Waals surface area contributed by atoms with Gasteiger partial charge in [-0.15, -0.1) is 0 Å². The first-order valence-corrected chi connectivity index (χ1v) is 8.61. The molecule has 1 aliphatic carbocycles. The second-order valence-corrected chi connectivity index (χ2v) is 7.19. The minimum absolute atomic E-state index is 0.109. The lowest BCUT2D eigenvalue weighted by Crippen LogP contribution is -2.36. The SMILES string of the molecule is CC(C)Cn1nc(-c2ccccc2C(=O)NN(C)C)cc1C1CC1. The van der Waals surface area contributed by atoms with Gasteiger partial charge in [0, 0.05) is 37.8 Å². The number of carbonyl (C=O) groups is 1. The number of nitrogens with zero attached hydrogens (tertiary/aromatic N) is 3. The Balaban J connectivity index is 1.98. The molecule has 1 aliphatic rings. The van der Waals surface area contributed by atoms with Crippen LogP contribution in [0.3, 0.4) is 0 Å². The van der Waals surface area contributed by atoms with E-state index in [1.807, 2.05) is 38.4 Å². The Morgan fingerprint density at radius 1 is 1.33 bits per heavy atom.